The van der Waals surface area contributed by atoms with Crippen LogP contribution in [0, 0.1) is 0 Å². The molecule has 0 saturated heterocycles. The minimum absolute atomic E-state index is 0.102. The zero-order chi connectivity index (χ0) is 13.2. The SMILES string of the molecule is CC(C)(C)N(CC(=O)O)c1ccc(Cl)cc1N. The summed E-state index contributed by atoms with van der Waals surface area (Å²) in [5.74, 6) is -0.894. The molecule has 0 amide bonds. The molecule has 0 bridgehead atoms. The number of aliphatic carboxylic acids is 1. The standard InChI is InChI=1S/C12H17ClN2O2/c1-12(2,3)15(7-11(16)17)10-5-4-8(13)6-9(10)14/h4-6H,7,14H2,1-3H3,(H,16,17). The number of hydrogen-bond donors (Lipinski definition) is 2. The summed E-state index contributed by atoms with van der Waals surface area (Å²) in [5, 5.41) is 9.48. The molecule has 4 nitrogen and oxygen atoms in total. The van der Waals surface area contributed by atoms with Crippen LogP contribution in [0.1, 0.15) is 20.8 Å². The summed E-state index contributed by atoms with van der Waals surface area (Å²) in [6.07, 6.45) is 0. The summed E-state index contributed by atoms with van der Waals surface area (Å²) >= 11 is 5.83. The molecule has 0 saturated carbocycles. The predicted molar refractivity (Wildman–Crippen MR) is 70.6 cm³/mol. The minimum atomic E-state index is -0.894. The van der Waals surface area contributed by atoms with Crippen molar-refractivity contribution in [2.24, 2.45) is 0 Å². The van der Waals surface area contributed by atoms with Gasteiger partial charge >= 0.3 is 5.97 Å². The lowest BCUT2D eigenvalue weighted by Gasteiger charge is -2.37. The molecule has 0 heterocycles. The zero-order valence-corrected chi connectivity index (χ0v) is 11.0. The smallest absolute Gasteiger partial charge is 0.323 e. The van der Waals surface area contributed by atoms with Gasteiger partial charge in [-0.2, -0.15) is 0 Å². The molecule has 1 rings (SSSR count). The van der Waals surface area contributed by atoms with E-state index >= 15 is 0 Å². The van der Waals surface area contributed by atoms with E-state index in [0.717, 1.165) is 0 Å². The summed E-state index contributed by atoms with van der Waals surface area (Å²) in [7, 11) is 0. The van der Waals surface area contributed by atoms with Crippen LogP contribution < -0.4 is 10.6 Å². The molecule has 0 aliphatic rings. The number of nitrogens with two attached hydrogens (primary N) is 1. The minimum Gasteiger partial charge on any atom is -0.480 e. The van der Waals surface area contributed by atoms with Gasteiger partial charge in [0.1, 0.15) is 6.54 Å². The van der Waals surface area contributed by atoms with Gasteiger partial charge in [0.05, 0.1) is 11.4 Å². The maximum atomic E-state index is 10.9. The third kappa shape index (κ3) is 3.53. The molecule has 0 spiro atoms. The van der Waals surface area contributed by atoms with Crippen LogP contribution >= 0.6 is 11.6 Å². The number of carboxylic acids is 1. The number of halogens is 1. The second-order valence-electron chi connectivity index (χ2n) is 4.85. The van der Waals surface area contributed by atoms with E-state index in [2.05, 4.69) is 0 Å². The maximum absolute atomic E-state index is 10.9. The third-order valence-corrected chi connectivity index (χ3v) is 2.62. The molecular weight excluding hydrogens is 240 g/mol. The Hall–Kier alpha value is -1.42. The Morgan fingerprint density at radius 3 is 2.47 bits per heavy atom. The van der Waals surface area contributed by atoms with Crippen LogP contribution in [0.25, 0.3) is 0 Å². The summed E-state index contributed by atoms with van der Waals surface area (Å²) in [6.45, 7) is 5.70. The van der Waals surface area contributed by atoms with E-state index in [9.17, 15) is 4.79 Å². The van der Waals surface area contributed by atoms with Gasteiger partial charge in [-0.15, -0.1) is 0 Å². The van der Waals surface area contributed by atoms with E-state index in [1.165, 1.54) is 0 Å². The molecular formula is C12H17ClN2O2. The molecule has 5 heteroatoms. The molecule has 0 unspecified atom stereocenters. The highest BCUT2D eigenvalue weighted by atomic mass is 35.5. The molecule has 94 valence electrons. The van der Waals surface area contributed by atoms with Crippen LogP contribution in [0.15, 0.2) is 18.2 Å². The van der Waals surface area contributed by atoms with Crippen molar-refractivity contribution in [2.75, 3.05) is 17.2 Å². The lowest BCUT2D eigenvalue weighted by Crippen LogP contribution is -2.45. The van der Waals surface area contributed by atoms with E-state index in [-0.39, 0.29) is 12.1 Å². The summed E-state index contributed by atoms with van der Waals surface area (Å²) in [5.41, 5.74) is 6.71. The van der Waals surface area contributed by atoms with Crippen LogP contribution in [0.4, 0.5) is 11.4 Å². The number of nitrogen functional groups attached to an aromatic ring is 1. The average molecular weight is 257 g/mol. The van der Waals surface area contributed by atoms with E-state index in [1.807, 2.05) is 20.8 Å². The van der Waals surface area contributed by atoms with Crippen molar-refractivity contribution in [3.8, 4) is 0 Å². The monoisotopic (exact) mass is 256 g/mol. The van der Waals surface area contributed by atoms with Crippen molar-refractivity contribution in [3.63, 3.8) is 0 Å². The van der Waals surface area contributed by atoms with E-state index < -0.39 is 5.97 Å². The Kier molecular flexibility index (Phi) is 3.88. The first-order valence-corrected chi connectivity index (χ1v) is 5.64. The molecule has 0 aliphatic carbocycles. The Morgan fingerprint density at radius 2 is 2.06 bits per heavy atom. The number of rotatable bonds is 3. The fourth-order valence-corrected chi connectivity index (χ4v) is 1.77. The molecule has 3 N–H and O–H groups in total. The van der Waals surface area contributed by atoms with Gasteiger partial charge in [0, 0.05) is 10.6 Å². The van der Waals surface area contributed by atoms with Crippen molar-refractivity contribution < 1.29 is 9.90 Å². The lowest BCUT2D eigenvalue weighted by molar-refractivity contribution is -0.135. The van der Waals surface area contributed by atoms with Crippen molar-refractivity contribution in [1.82, 2.24) is 0 Å². The number of benzene rings is 1. The highest BCUT2D eigenvalue weighted by Gasteiger charge is 2.25. The third-order valence-electron chi connectivity index (χ3n) is 2.38. The van der Waals surface area contributed by atoms with Gasteiger partial charge < -0.3 is 15.7 Å². The molecule has 1 aromatic carbocycles. The largest absolute Gasteiger partial charge is 0.480 e. The number of hydrogen-bond acceptors (Lipinski definition) is 3. The van der Waals surface area contributed by atoms with E-state index in [0.29, 0.717) is 16.4 Å². The zero-order valence-electron chi connectivity index (χ0n) is 10.2. The Balaban J connectivity index is 3.17. The number of anilines is 2. The Morgan fingerprint density at radius 1 is 1.47 bits per heavy atom. The highest BCUT2D eigenvalue weighted by Crippen LogP contribution is 2.31. The topological polar surface area (TPSA) is 66.6 Å². The van der Waals surface area contributed by atoms with Crippen LogP contribution in [-0.2, 0) is 4.79 Å². The summed E-state index contributed by atoms with van der Waals surface area (Å²) < 4.78 is 0. The fraction of sp³-hybridized carbons (Fsp3) is 0.417. The van der Waals surface area contributed by atoms with Gasteiger partial charge in [0.15, 0.2) is 0 Å². The van der Waals surface area contributed by atoms with Gasteiger partial charge in [-0.25, -0.2) is 0 Å². The summed E-state index contributed by atoms with van der Waals surface area (Å²) in [4.78, 5) is 12.6. The fourth-order valence-electron chi connectivity index (χ4n) is 1.59. The summed E-state index contributed by atoms with van der Waals surface area (Å²) in [6, 6.07) is 5.07. The number of carboxylic acid groups (broad SMARTS) is 1. The second kappa shape index (κ2) is 4.84. The predicted octanol–water partition coefficient (Wildman–Crippen LogP) is 2.61. The van der Waals surface area contributed by atoms with Crippen LogP contribution in [0.5, 0.6) is 0 Å². The lowest BCUT2D eigenvalue weighted by atomic mass is 10.0. The van der Waals surface area contributed by atoms with Crippen molar-refractivity contribution in [1.29, 1.82) is 0 Å². The molecule has 17 heavy (non-hydrogen) atoms. The molecule has 0 radical (unpaired) electrons. The highest BCUT2D eigenvalue weighted by molar-refractivity contribution is 6.31. The van der Waals surface area contributed by atoms with Crippen molar-refractivity contribution >= 4 is 28.9 Å². The van der Waals surface area contributed by atoms with Gasteiger partial charge in [0.25, 0.3) is 0 Å². The van der Waals surface area contributed by atoms with Gasteiger partial charge in [-0.1, -0.05) is 11.6 Å². The first-order valence-electron chi connectivity index (χ1n) is 5.26. The quantitative estimate of drug-likeness (QED) is 0.816. The van der Waals surface area contributed by atoms with Crippen LogP contribution in [-0.4, -0.2) is 23.2 Å². The van der Waals surface area contributed by atoms with Crippen molar-refractivity contribution in [3.05, 3.63) is 23.2 Å². The van der Waals surface area contributed by atoms with E-state index in [4.69, 9.17) is 22.4 Å². The normalized spacial score (nSPS) is 11.3. The molecule has 0 atom stereocenters. The maximum Gasteiger partial charge on any atom is 0.323 e. The molecule has 0 fully saturated rings. The Bertz CT molecular complexity index is 427. The average Bonchev–Trinajstić information content (AvgIpc) is 2.13. The van der Waals surface area contributed by atoms with Crippen LogP contribution in [0.3, 0.4) is 0 Å². The van der Waals surface area contributed by atoms with Crippen LogP contribution in [0.2, 0.25) is 5.02 Å². The number of carbonyl (C=O) groups is 1. The molecule has 1 aromatic rings. The van der Waals surface area contributed by atoms with Gasteiger partial charge in [-0.05, 0) is 39.0 Å². The number of nitrogens with zero attached hydrogens (tertiary/aromatic N) is 1. The second-order valence-corrected chi connectivity index (χ2v) is 5.29. The van der Waals surface area contributed by atoms with Crippen molar-refractivity contribution in [2.45, 2.75) is 26.3 Å². The molecule has 0 aliphatic heterocycles. The first kappa shape index (κ1) is 13.6. The first-order chi connectivity index (χ1) is 7.71. The molecule has 0 aromatic heterocycles. The Labute approximate surface area is 106 Å². The van der Waals surface area contributed by atoms with E-state index in [1.54, 1.807) is 23.1 Å². The van der Waals surface area contributed by atoms with Gasteiger partial charge in [0.2, 0.25) is 0 Å². The van der Waals surface area contributed by atoms with Gasteiger partial charge in [-0.3, -0.25) is 4.79 Å².